The van der Waals surface area contributed by atoms with Crippen molar-refractivity contribution in [2.24, 2.45) is 0 Å². The molecule has 3 aromatic rings. The van der Waals surface area contributed by atoms with Crippen LogP contribution in [0.25, 0.3) is 10.9 Å². The van der Waals surface area contributed by atoms with E-state index < -0.39 is 10.0 Å². The largest absolute Gasteiger partial charge is 0.359 e. The number of hydroxylamine groups is 1. The molecular weight excluding hydrogens is 354 g/mol. The molecular formula is C18H19N3O4S. The summed E-state index contributed by atoms with van der Waals surface area (Å²) < 4.78 is 25.1. The van der Waals surface area contributed by atoms with Crippen LogP contribution in [0.4, 0.5) is 5.69 Å². The minimum absolute atomic E-state index is 0.0441. The van der Waals surface area contributed by atoms with Crippen molar-refractivity contribution < 1.29 is 18.0 Å². The topological polar surface area (TPSA) is 91.5 Å². The van der Waals surface area contributed by atoms with Crippen molar-refractivity contribution in [1.82, 2.24) is 9.45 Å². The summed E-state index contributed by atoms with van der Waals surface area (Å²) in [7, 11) is -1.17. The van der Waals surface area contributed by atoms with Crippen LogP contribution in [0.5, 0.6) is 0 Å². The summed E-state index contributed by atoms with van der Waals surface area (Å²) >= 11 is 0. The van der Waals surface area contributed by atoms with Crippen molar-refractivity contribution in [2.75, 3.05) is 19.5 Å². The van der Waals surface area contributed by atoms with Gasteiger partial charge in [0.15, 0.2) is 0 Å². The zero-order valence-electron chi connectivity index (χ0n) is 14.6. The molecule has 0 spiro atoms. The fraction of sp³-hybridized carbons (Fsp3) is 0.167. The molecule has 0 saturated heterocycles. The Morgan fingerprint density at radius 1 is 1.12 bits per heavy atom. The molecule has 0 radical (unpaired) electrons. The third-order valence-electron chi connectivity index (χ3n) is 4.02. The summed E-state index contributed by atoms with van der Waals surface area (Å²) in [5.74, 6) is -0.319. The van der Waals surface area contributed by atoms with E-state index in [1.165, 1.54) is 38.4 Å². The number of aryl methyl sites for hydroxylation is 1. The minimum atomic E-state index is -3.74. The summed E-state index contributed by atoms with van der Waals surface area (Å²) in [5.41, 5.74) is 3.06. The van der Waals surface area contributed by atoms with Crippen LogP contribution in [0, 0.1) is 6.92 Å². The Morgan fingerprint density at radius 2 is 1.81 bits per heavy atom. The van der Waals surface area contributed by atoms with E-state index in [2.05, 4.69) is 10.3 Å². The monoisotopic (exact) mass is 373 g/mol. The van der Waals surface area contributed by atoms with Crippen LogP contribution in [0.2, 0.25) is 0 Å². The van der Waals surface area contributed by atoms with Crippen molar-refractivity contribution in [1.29, 1.82) is 0 Å². The molecule has 7 nitrogen and oxygen atoms in total. The van der Waals surface area contributed by atoms with Crippen molar-refractivity contribution in [3.05, 3.63) is 59.8 Å². The zero-order chi connectivity index (χ0) is 18.9. The maximum Gasteiger partial charge on any atom is 0.264 e. The second-order valence-corrected chi connectivity index (χ2v) is 7.77. The summed E-state index contributed by atoms with van der Waals surface area (Å²) in [6, 6.07) is 13.3. The number of aromatic amines is 1. The standard InChI is InChI=1S/C18H19N3O4S/c1-12-10-14-11-15(6-9-17(14)19-12)20-18(22)13-4-7-16(8-5-13)26(23,24)21(2)25-3/h4-11,19H,1-3H3,(H,20,22). The second kappa shape index (κ2) is 6.91. The number of sulfonamides is 1. The lowest BCUT2D eigenvalue weighted by atomic mass is 10.2. The summed E-state index contributed by atoms with van der Waals surface area (Å²) in [6.07, 6.45) is 0. The van der Waals surface area contributed by atoms with Crippen LogP contribution < -0.4 is 5.32 Å². The molecule has 0 aliphatic rings. The molecule has 0 aliphatic heterocycles. The first-order chi connectivity index (χ1) is 12.3. The molecule has 2 N–H and O–H groups in total. The Morgan fingerprint density at radius 3 is 2.46 bits per heavy atom. The van der Waals surface area contributed by atoms with E-state index in [1.54, 1.807) is 0 Å². The highest BCUT2D eigenvalue weighted by molar-refractivity contribution is 7.89. The number of H-pyrrole nitrogens is 1. The average molecular weight is 373 g/mol. The summed E-state index contributed by atoms with van der Waals surface area (Å²) in [5, 5.41) is 3.82. The van der Waals surface area contributed by atoms with Gasteiger partial charge in [0.1, 0.15) is 0 Å². The smallest absolute Gasteiger partial charge is 0.264 e. The molecule has 2 aromatic carbocycles. The quantitative estimate of drug-likeness (QED) is 0.673. The van der Waals surface area contributed by atoms with Crippen LogP contribution >= 0.6 is 0 Å². The number of amides is 1. The van der Waals surface area contributed by atoms with Gasteiger partial charge in [0.2, 0.25) is 0 Å². The van der Waals surface area contributed by atoms with Gasteiger partial charge in [-0.05, 0) is 55.5 Å². The summed E-state index contributed by atoms with van der Waals surface area (Å²) in [4.78, 5) is 20.4. The molecule has 1 amide bonds. The number of aromatic nitrogens is 1. The highest BCUT2D eigenvalue weighted by Crippen LogP contribution is 2.21. The molecule has 1 aromatic heterocycles. The van der Waals surface area contributed by atoms with Crippen LogP contribution in [0.3, 0.4) is 0 Å². The van der Waals surface area contributed by atoms with E-state index in [0.717, 1.165) is 21.1 Å². The summed E-state index contributed by atoms with van der Waals surface area (Å²) in [6.45, 7) is 1.97. The molecule has 0 saturated carbocycles. The number of hydrogen-bond donors (Lipinski definition) is 2. The maximum absolute atomic E-state index is 12.4. The number of nitrogens with one attached hydrogen (secondary N) is 2. The fourth-order valence-electron chi connectivity index (χ4n) is 2.58. The maximum atomic E-state index is 12.4. The Labute approximate surface area is 151 Å². The Kier molecular flexibility index (Phi) is 4.82. The van der Waals surface area contributed by atoms with Gasteiger partial charge in [-0.3, -0.25) is 9.63 Å². The number of carbonyl (C=O) groups excluding carboxylic acids is 1. The lowest BCUT2D eigenvalue weighted by molar-refractivity contribution is -0.0258. The Bertz CT molecular complexity index is 1060. The normalized spacial score (nSPS) is 11.8. The number of fused-ring (bicyclic) bond motifs is 1. The van der Waals surface area contributed by atoms with Gasteiger partial charge in [-0.25, -0.2) is 8.42 Å². The van der Waals surface area contributed by atoms with Crippen molar-refractivity contribution in [3.63, 3.8) is 0 Å². The average Bonchev–Trinajstić information content (AvgIpc) is 3.00. The predicted octanol–water partition coefficient (Wildman–Crippen LogP) is 2.91. The van der Waals surface area contributed by atoms with Crippen LogP contribution in [0.1, 0.15) is 16.1 Å². The molecule has 0 atom stereocenters. The van der Waals surface area contributed by atoms with Gasteiger partial charge in [-0.15, -0.1) is 0 Å². The first-order valence-electron chi connectivity index (χ1n) is 7.85. The van der Waals surface area contributed by atoms with E-state index in [9.17, 15) is 13.2 Å². The fourth-order valence-corrected chi connectivity index (χ4v) is 3.56. The van der Waals surface area contributed by atoms with Crippen molar-refractivity contribution in [3.8, 4) is 0 Å². The van der Waals surface area contributed by atoms with Crippen molar-refractivity contribution >= 4 is 32.5 Å². The van der Waals surface area contributed by atoms with E-state index in [1.807, 2.05) is 31.2 Å². The predicted molar refractivity (Wildman–Crippen MR) is 99.4 cm³/mol. The number of hydrogen-bond acceptors (Lipinski definition) is 4. The number of carbonyl (C=O) groups is 1. The van der Waals surface area contributed by atoms with Gasteiger partial charge in [-0.1, -0.05) is 4.47 Å². The van der Waals surface area contributed by atoms with Crippen LogP contribution in [-0.2, 0) is 14.9 Å². The zero-order valence-corrected chi connectivity index (χ0v) is 15.4. The van der Waals surface area contributed by atoms with Gasteiger partial charge in [0.25, 0.3) is 15.9 Å². The molecule has 8 heteroatoms. The van der Waals surface area contributed by atoms with Gasteiger partial charge < -0.3 is 10.3 Å². The molecule has 0 unspecified atom stereocenters. The molecule has 3 rings (SSSR count). The molecule has 0 aliphatic carbocycles. The minimum Gasteiger partial charge on any atom is -0.359 e. The van der Waals surface area contributed by atoms with Crippen LogP contribution in [-0.4, -0.2) is 37.9 Å². The number of benzene rings is 2. The van der Waals surface area contributed by atoms with E-state index >= 15 is 0 Å². The molecule has 1 heterocycles. The lowest BCUT2D eigenvalue weighted by Gasteiger charge is -2.14. The number of rotatable bonds is 5. The third kappa shape index (κ3) is 3.48. The van der Waals surface area contributed by atoms with Crippen LogP contribution in [0.15, 0.2) is 53.4 Å². The van der Waals surface area contributed by atoms with Gasteiger partial charge in [0.05, 0.1) is 12.0 Å². The Hall–Kier alpha value is -2.68. The van der Waals surface area contributed by atoms with Gasteiger partial charge in [-0.2, -0.15) is 0 Å². The van der Waals surface area contributed by atoms with E-state index in [4.69, 9.17) is 4.84 Å². The highest BCUT2D eigenvalue weighted by atomic mass is 32.2. The lowest BCUT2D eigenvalue weighted by Crippen LogP contribution is -2.25. The molecule has 26 heavy (non-hydrogen) atoms. The number of anilines is 1. The van der Waals surface area contributed by atoms with E-state index in [0.29, 0.717) is 11.3 Å². The molecule has 0 bridgehead atoms. The molecule has 0 fully saturated rings. The first kappa shape index (κ1) is 18.1. The first-order valence-corrected chi connectivity index (χ1v) is 9.29. The second-order valence-electron chi connectivity index (χ2n) is 5.83. The highest BCUT2D eigenvalue weighted by Gasteiger charge is 2.21. The molecule has 136 valence electrons. The van der Waals surface area contributed by atoms with Gasteiger partial charge in [0, 0.05) is 34.9 Å². The Balaban J connectivity index is 1.79. The van der Waals surface area contributed by atoms with E-state index in [-0.39, 0.29) is 10.8 Å². The van der Waals surface area contributed by atoms with Crippen molar-refractivity contribution in [2.45, 2.75) is 11.8 Å². The number of nitrogens with zero attached hydrogens (tertiary/aromatic N) is 1. The third-order valence-corrected chi connectivity index (χ3v) is 5.72. The SMILES string of the molecule is CON(C)S(=O)(=O)c1ccc(C(=O)Nc2ccc3[nH]c(C)cc3c2)cc1. The van der Waals surface area contributed by atoms with Gasteiger partial charge >= 0.3 is 0 Å².